The molecule has 12 heteroatoms. The molecule has 0 saturated carbocycles. The fourth-order valence-corrected chi connectivity index (χ4v) is 3.73. The largest absolute Gasteiger partial charge is 0.463 e. The summed E-state index contributed by atoms with van der Waals surface area (Å²) in [6.07, 6.45) is -4.49. The minimum absolute atomic E-state index is 0.274. The summed E-state index contributed by atoms with van der Waals surface area (Å²) in [5.41, 5.74) is -0.912. The zero-order valence-electron chi connectivity index (χ0n) is 17.0. The third-order valence-electron chi connectivity index (χ3n) is 3.53. The van der Waals surface area contributed by atoms with Gasteiger partial charge < -0.3 is 28.6 Å². The number of esters is 4. The monoisotopic (exact) mass is 451 g/mol. The van der Waals surface area contributed by atoms with Crippen LogP contribution in [0.2, 0.25) is 0 Å². The number of hydrogen-bond donors (Lipinski definition) is 0. The van der Waals surface area contributed by atoms with Gasteiger partial charge in [-0.25, -0.2) is 0 Å². The molecular weight excluding hydrogens is 426 g/mol. The highest BCUT2D eigenvalue weighted by atomic mass is 32.2. The van der Waals surface area contributed by atoms with E-state index >= 15 is 0 Å². The Morgan fingerprint density at radius 1 is 0.862 bits per heavy atom. The Morgan fingerprint density at radius 3 is 1.79 bits per heavy atom. The second-order valence-corrected chi connectivity index (χ2v) is 8.08. The van der Waals surface area contributed by atoms with Crippen molar-refractivity contribution >= 4 is 52.2 Å². The summed E-state index contributed by atoms with van der Waals surface area (Å²) < 4.78 is 27.3. The van der Waals surface area contributed by atoms with Crippen LogP contribution in [0.5, 0.6) is 0 Å². The van der Waals surface area contributed by atoms with E-state index in [4.69, 9.17) is 35.9 Å². The molecule has 0 N–H and O–H groups in total. The van der Waals surface area contributed by atoms with Crippen molar-refractivity contribution < 1.29 is 42.9 Å². The topological polar surface area (TPSA) is 118 Å². The van der Waals surface area contributed by atoms with Gasteiger partial charge in [-0.2, -0.15) is 0 Å². The number of thiocarbonyl (C=S) groups is 1. The van der Waals surface area contributed by atoms with Gasteiger partial charge >= 0.3 is 23.9 Å². The van der Waals surface area contributed by atoms with Crippen molar-refractivity contribution in [2.75, 3.05) is 20.7 Å². The number of carbonyl (C=O) groups is 4. The Hall–Kier alpha value is -1.92. The van der Waals surface area contributed by atoms with Gasteiger partial charge in [0, 0.05) is 41.8 Å². The third-order valence-corrected chi connectivity index (χ3v) is 5.36. The molecule has 1 aliphatic rings. The number of nitrogens with zero attached hydrogens (tertiary/aromatic N) is 1. The van der Waals surface area contributed by atoms with Crippen molar-refractivity contribution in [2.24, 2.45) is 0 Å². The first kappa shape index (κ1) is 25.1. The molecule has 0 aliphatic carbocycles. The van der Waals surface area contributed by atoms with Gasteiger partial charge in [-0.15, -0.1) is 0 Å². The molecule has 0 aromatic heterocycles. The van der Waals surface area contributed by atoms with Crippen LogP contribution in [0.4, 0.5) is 0 Å². The molecule has 29 heavy (non-hydrogen) atoms. The molecule has 1 heterocycles. The Bertz CT molecular complexity index is 655. The molecule has 164 valence electrons. The van der Waals surface area contributed by atoms with Crippen molar-refractivity contribution in [2.45, 2.75) is 57.5 Å². The number of ether oxygens (including phenoxy) is 5. The Balaban J connectivity index is 3.33. The molecule has 1 rings (SSSR count). The van der Waals surface area contributed by atoms with Crippen LogP contribution in [0, 0.1) is 0 Å². The van der Waals surface area contributed by atoms with Crippen LogP contribution in [0.3, 0.4) is 0 Å². The van der Waals surface area contributed by atoms with E-state index in [2.05, 4.69) is 0 Å². The number of carbonyl (C=O) groups excluding carboxylic acids is 4. The zero-order chi connectivity index (χ0) is 22.3. The fourth-order valence-electron chi connectivity index (χ4n) is 2.49. The van der Waals surface area contributed by atoms with Crippen LogP contribution in [-0.2, 0) is 42.9 Å². The molecule has 0 bridgehead atoms. The molecule has 1 fully saturated rings. The summed E-state index contributed by atoms with van der Waals surface area (Å²) in [6.45, 7) is 4.45. The van der Waals surface area contributed by atoms with Gasteiger partial charge in [0.15, 0.2) is 23.7 Å². The van der Waals surface area contributed by atoms with Gasteiger partial charge in [-0.1, -0.05) is 24.0 Å². The molecule has 0 spiro atoms. The van der Waals surface area contributed by atoms with E-state index in [1.54, 1.807) is 19.0 Å². The molecule has 0 radical (unpaired) electrons. The summed E-state index contributed by atoms with van der Waals surface area (Å²) in [4.78, 5) is 47.9. The van der Waals surface area contributed by atoms with Gasteiger partial charge in [-0.05, 0) is 0 Å². The second kappa shape index (κ2) is 11.3. The van der Waals surface area contributed by atoms with E-state index in [1.165, 1.54) is 20.8 Å². The first-order valence-corrected chi connectivity index (χ1v) is 9.89. The van der Waals surface area contributed by atoms with E-state index in [-0.39, 0.29) is 6.61 Å². The SMILES string of the molecule is CC(=O)OCC1OC(SC(=S)N(C)C)C(OC(C)=O)C(OC(C)=O)C1OC(C)=O. The Kier molecular flexibility index (Phi) is 9.80. The lowest BCUT2D eigenvalue weighted by molar-refractivity contribution is -0.237. The molecule has 10 nitrogen and oxygen atoms in total. The van der Waals surface area contributed by atoms with Crippen LogP contribution >= 0.6 is 24.0 Å². The number of rotatable bonds is 6. The normalized spacial score (nSPS) is 26.1. The predicted molar refractivity (Wildman–Crippen MR) is 106 cm³/mol. The third kappa shape index (κ3) is 8.15. The maximum absolute atomic E-state index is 11.7. The van der Waals surface area contributed by atoms with Crippen LogP contribution in [0.25, 0.3) is 0 Å². The molecule has 0 aromatic carbocycles. The van der Waals surface area contributed by atoms with Crippen molar-refractivity contribution in [3.8, 4) is 0 Å². The quantitative estimate of drug-likeness (QED) is 0.320. The summed E-state index contributed by atoms with van der Waals surface area (Å²) in [7, 11) is 3.45. The lowest BCUT2D eigenvalue weighted by Crippen LogP contribution is -2.61. The molecular formula is C17H25NO9S2. The summed E-state index contributed by atoms with van der Waals surface area (Å²) >= 11 is 6.34. The predicted octanol–water partition coefficient (Wildman–Crippen LogP) is 0.649. The maximum atomic E-state index is 11.7. The van der Waals surface area contributed by atoms with E-state index in [0.717, 1.165) is 18.7 Å². The molecule has 0 amide bonds. The highest BCUT2D eigenvalue weighted by Crippen LogP contribution is 2.35. The maximum Gasteiger partial charge on any atom is 0.303 e. The van der Waals surface area contributed by atoms with E-state index in [9.17, 15) is 19.2 Å². The van der Waals surface area contributed by atoms with Crippen molar-refractivity contribution in [3.63, 3.8) is 0 Å². The smallest absolute Gasteiger partial charge is 0.303 e. The zero-order valence-corrected chi connectivity index (χ0v) is 18.7. The minimum Gasteiger partial charge on any atom is -0.463 e. The van der Waals surface area contributed by atoms with E-state index in [0.29, 0.717) is 4.32 Å². The van der Waals surface area contributed by atoms with Gasteiger partial charge in [0.05, 0.1) is 0 Å². The van der Waals surface area contributed by atoms with Gasteiger partial charge in [-0.3, -0.25) is 19.2 Å². The lowest BCUT2D eigenvalue weighted by Gasteiger charge is -2.44. The van der Waals surface area contributed by atoms with Crippen LogP contribution in [0.15, 0.2) is 0 Å². The number of hydrogen-bond acceptors (Lipinski definition) is 11. The first-order valence-electron chi connectivity index (χ1n) is 8.60. The van der Waals surface area contributed by atoms with Crippen molar-refractivity contribution in [3.05, 3.63) is 0 Å². The molecule has 1 saturated heterocycles. The van der Waals surface area contributed by atoms with Crippen molar-refractivity contribution in [1.29, 1.82) is 0 Å². The molecule has 0 aromatic rings. The van der Waals surface area contributed by atoms with Gasteiger partial charge in [0.1, 0.15) is 17.0 Å². The van der Waals surface area contributed by atoms with Gasteiger partial charge in [0.25, 0.3) is 0 Å². The fraction of sp³-hybridized carbons (Fsp3) is 0.706. The van der Waals surface area contributed by atoms with E-state index in [1.807, 2.05) is 0 Å². The van der Waals surface area contributed by atoms with Gasteiger partial charge in [0.2, 0.25) is 0 Å². The number of thioether (sulfide) groups is 1. The molecule has 5 unspecified atom stereocenters. The second-order valence-electron chi connectivity index (χ2n) is 6.35. The molecule has 5 atom stereocenters. The van der Waals surface area contributed by atoms with Crippen molar-refractivity contribution in [1.82, 2.24) is 4.90 Å². The first-order chi connectivity index (χ1) is 13.4. The van der Waals surface area contributed by atoms with E-state index < -0.39 is 53.7 Å². The summed E-state index contributed by atoms with van der Waals surface area (Å²) in [6, 6.07) is 0. The summed E-state index contributed by atoms with van der Waals surface area (Å²) in [5.74, 6) is -2.59. The molecule has 1 aliphatic heterocycles. The lowest BCUT2D eigenvalue weighted by atomic mass is 9.99. The Morgan fingerprint density at radius 2 is 1.34 bits per heavy atom. The van der Waals surface area contributed by atoms with Crippen LogP contribution in [-0.4, -0.2) is 83.7 Å². The summed E-state index contributed by atoms with van der Waals surface area (Å²) in [5, 5.41) is 0. The highest BCUT2D eigenvalue weighted by molar-refractivity contribution is 8.23. The van der Waals surface area contributed by atoms with Crippen LogP contribution in [0.1, 0.15) is 27.7 Å². The average molecular weight is 452 g/mol. The standard InChI is InChI=1S/C17H25NO9S2/c1-8(19)23-7-12-13(24-9(2)20)14(25-10(3)21)15(26-11(4)22)16(27-12)29-17(28)18(5)6/h12-16H,7H2,1-6H3. The van der Waals surface area contributed by atoms with Crippen LogP contribution < -0.4 is 0 Å². The minimum atomic E-state index is -1.20. The average Bonchev–Trinajstić information content (AvgIpc) is 2.56. The highest BCUT2D eigenvalue weighted by Gasteiger charge is 2.52. The Labute approximate surface area is 178 Å².